The molecule has 0 aromatic rings. The van der Waals surface area contributed by atoms with Crippen molar-refractivity contribution in [2.75, 3.05) is 6.61 Å². The van der Waals surface area contributed by atoms with Gasteiger partial charge in [0.2, 0.25) is 0 Å². The van der Waals surface area contributed by atoms with Crippen LogP contribution in [0.4, 0.5) is 0 Å². The molecule has 1 saturated carbocycles. The molecule has 1 aliphatic carbocycles. The van der Waals surface area contributed by atoms with Gasteiger partial charge in [0.15, 0.2) is 0 Å². The van der Waals surface area contributed by atoms with Crippen LogP contribution in [0.25, 0.3) is 0 Å². The molecular weight excluding hydrogens is 192 g/mol. The average Bonchev–Trinajstić information content (AvgIpc) is 2.50. The monoisotopic (exact) mass is 212 g/mol. The molecule has 1 heterocycles. The van der Waals surface area contributed by atoms with Gasteiger partial charge in [0.25, 0.3) is 0 Å². The lowest BCUT2D eigenvalue weighted by Gasteiger charge is -2.44. The predicted molar refractivity (Wildman–Crippen MR) is 56.7 cm³/mol. The molecule has 3 heteroatoms. The topological polar surface area (TPSA) is 46.5 Å². The second kappa shape index (κ2) is 3.78. The number of hydrogen-bond donors (Lipinski definition) is 1. The standard InChI is InChI=1S/C12H20O3/c1-11(8-10(13)14)6-7-15-12(9-11)4-2-3-5-12/h2-9H2,1H3,(H,13,14)/t11-/m1/s1. The van der Waals surface area contributed by atoms with E-state index >= 15 is 0 Å². The van der Waals surface area contributed by atoms with E-state index in [1.807, 2.05) is 0 Å². The molecule has 0 aromatic heterocycles. The van der Waals surface area contributed by atoms with E-state index in [0.29, 0.717) is 0 Å². The summed E-state index contributed by atoms with van der Waals surface area (Å²) in [5.74, 6) is -0.674. The fraction of sp³-hybridized carbons (Fsp3) is 0.917. The number of hydrogen-bond acceptors (Lipinski definition) is 2. The number of carbonyl (C=O) groups is 1. The molecule has 1 aliphatic heterocycles. The molecule has 2 fully saturated rings. The Hall–Kier alpha value is -0.570. The van der Waals surface area contributed by atoms with Crippen LogP contribution in [0, 0.1) is 5.41 Å². The van der Waals surface area contributed by atoms with Crippen LogP contribution >= 0.6 is 0 Å². The SMILES string of the molecule is C[C@]1(CC(=O)O)CCOC2(CCCC2)C1. The minimum atomic E-state index is -0.674. The molecule has 0 radical (unpaired) electrons. The van der Waals surface area contributed by atoms with E-state index in [9.17, 15) is 4.79 Å². The molecule has 2 aliphatic rings. The maximum absolute atomic E-state index is 10.8. The zero-order valence-electron chi connectivity index (χ0n) is 9.42. The number of rotatable bonds is 2. The Bertz CT molecular complexity index is 256. The van der Waals surface area contributed by atoms with Crippen molar-refractivity contribution in [2.24, 2.45) is 5.41 Å². The smallest absolute Gasteiger partial charge is 0.303 e. The number of aliphatic carboxylic acids is 1. The van der Waals surface area contributed by atoms with Crippen LogP contribution in [0.2, 0.25) is 0 Å². The molecule has 0 amide bonds. The van der Waals surface area contributed by atoms with Crippen molar-refractivity contribution in [2.45, 2.75) is 57.5 Å². The minimum absolute atomic E-state index is 0.0302. The van der Waals surface area contributed by atoms with E-state index in [1.54, 1.807) is 0 Å². The zero-order valence-corrected chi connectivity index (χ0v) is 9.42. The van der Waals surface area contributed by atoms with E-state index in [0.717, 1.165) is 32.3 Å². The summed E-state index contributed by atoms with van der Waals surface area (Å²) in [6, 6.07) is 0. The number of carboxylic acids is 1. The van der Waals surface area contributed by atoms with E-state index < -0.39 is 5.97 Å². The fourth-order valence-electron chi connectivity index (χ4n) is 3.29. The highest BCUT2D eigenvalue weighted by Gasteiger charge is 2.45. The van der Waals surface area contributed by atoms with Gasteiger partial charge in [-0.2, -0.15) is 0 Å². The van der Waals surface area contributed by atoms with Crippen LogP contribution in [-0.4, -0.2) is 23.3 Å². The Kier molecular flexibility index (Phi) is 2.75. The van der Waals surface area contributed by atoms with Crippen LogP contribution < -0.4 is 0 Å². The third-order valence-corrected chi connectivity index (χ3v) is 3.96. The quantitative estimate of drug-likeness (QED) is 0.765. The third kappa shape index (κ3) is 2.33. The van der Waals surface area contributed by atoms with Crippen LogP contribution in [0.15, 0.2) is 0 Å². The second-order valence-electron chi connectivity index (χ2n) is 5.55. The lowest BCUT2D eigenvalue weighted by Crippen LogP contribution is -2.43. The van der Waals surface area contributed by atoms with Gasteiger partial charge >= 0.3 is 5.97 Å². The highest BCUT2D eigenvalue weighted by Crippen LogP contribution is 2.48. The molecule has 0 unspecified atom stereocenters. The Labute approximate surface area is 90.8 Å². The lowest BCUT2D eigenvalue weighted by molar-refractivity contribution is -0.149. The molecule has 1 N–H and O–H groups in total. The molecule has 0 aromatic carbocycles. The van der Waals surface area contributed by atoms with Gasteiger partial charge in [0, 0.05) is 6.61 Å². The Morgan fingerprint density at radius 3 is 2.60 bits per heavy atom. The Morgan fingerprint density at radius 1 is 1.33 bits per heavy atom. The first-order valence-corrected chi connectivity index (χ1v) is 5.90. The van der Waals surface area contributed by atoms with Crippen molar-refractivity contribution in [1.82, 2.24) is 0 Å². The zero-order chi connectivity index (χ0) is 10.9. The molecule has 1 saturated heterocycles. The van der Waals surface area contributed by atoms with Crippen LogP contribution in [0.5, 0.6) is 0 Å². The summed E-state index contributed by atoms with van der Waals surface area (Å²) in [6.45, 7) is 2.84. The van der Waals surface area contributed by atoms with E-state index in [4.69, 9.17) is 9.84 Å². The number of carboxylic acid groups (broad SMARTS) is 1. The van der Waals surface area contributed by atoms with Crippen molar-refractivity contribution in [3.63, 3.8) is 0 Å². The summed E-state index contributed by atoms with van der Waals surface area (Å²) < 4.78 is 5.91. The highest BCUT2D eigenvalue weighted by molar-refractivity contribution is 5.67. The lowest BCUT2D eigenvalue weighted by atomic mass is 9.71. The van der Waals surface area contributed by atoms with E-state index in [1.165, 1.54) is 12.8 Å². The highest BCUT2D eigenvalue weighted by atomic mass is 16.5. The van der Waals surface area contributed by atoms with Crippen molar-refractivity contribution in [3.8, 4) is 0 Å². The molecule has 0 bridgehead atoms. The van der Waals surface area contributed by atoms with Gasteiger partial charge < -0.3 is 9.84 Å². The molecule has 3 nitrogen and oxygen atoms in total. The minimum Gasteiger partial charge on any atom is -0.481 e. The van der Waals surface area contributed by atoms with Gasteiger partial charge in [-0.05, 0) is 31.1 Å². The Balaban J connectivity index is 2.05. The number of ether oxygens (including phenoxy) is 1. The van der Waals surface area contributed by atoms with Gasteiger partial charge in [-0.1, -0.05) is 19.8 Å². The van der Waals surface area contributed by atoms with Gasteiger partial charge in [0.1, 0.15) is 0 Å². The summed E-state index contributed by atoms with van der Waals surface area (Å²) in [6.07, 6.45) is 6.85. The van der Waals surface area contributed by atoms with E-state index in [-0.39, 0.29) is 17.4 Å². The van der Waals surface area contributed by atoms with Crippen LogP contribution in [0.1, 0.15) is 51.9 Å². The van der Waals surface area contributed by atoms with Gasteiger partial charge in [0.05, 0.1) is 12.0 Å². The summed E-state index contributed by atoms with van der Waals surface area (Å²) >= 11 is 0. The first kappa shape index (κ1) is 10.9. The predicted octanol–water partition coefficient (Wildman–Crippen LogP) is 2.59. The van der Waals surface area contributed by atoms with Crippen LogP contribution in [0.3, 0.4) is 0 Å². The van der Waals surface area contributed by atoms with Crippen molar-refractivity contribution in [3.05, 3.63) is 0 Å². The maximum Gasteiger partial charge on any atom is 0.303 e. The van der Waals surface area contributed by atoms with E-state index in [2.05, 4.69) is 6.92 Å². The fourth-order valence-corrected chi connectivity index (χ4v) is 3.29. The van der Waals surface area contributed by atoms with Crippen molar-refractivity contribution in [1.29, 1.82) is 0 Å². The largest absolute Gasteiger partial charge is 0.481 e. The van der Waals surface area contributed by atoms with Gasteiger partial charge in [-0.15, -0.1) is 0 Å². The normalized spacial score (nSPS) is 34.5. The van der Waals surface area contributed by atoms with Crippen LogP contribution in [-0.2, 0) is 9.53 Å². The summed E-state index contributed by atoms with van der Waals surface area (Å²) in [5.41, 5.74) is -0.0170. The summed E-state index contributed by atoms with van der Waals surface area (Å²) in [5, 5.41) is 8.92. The first-order chi connectivity index (χ1) is 7.04. The van der Waals surface area contributed by atoms with Gasteiger partial charge in [-0.25, -0.2) is 0 Å². The summed E-state index contributed by atoms with van der Waals surface area (Å²) in [4.78, 5) is 10.8. The average molecular weight is 212 g/mol. The van der Waals surface area contributed by atoms with Crippen molar-refractivity contribution >= 4 is 5.97 Å². The summed E-state index contributed by atoms with van der Waals surface area (Å²) in [7, 11) is 0. The first-order valence-electron chi connectivity index (χ1n) is 5.90. The molecule has 1 spiro atoms. The second-order valence-corrected chi connectivity index (χ2v) is 5.55. The molecule has 86 valence electrons. The third-order valence-electron chi connectivity index (χ3n) is 3.96. The van der Waals surface area contributed by atoms with Gasteiger partial charge in [-0.3, -0.25) is 4.79 Å². The molecule has 15 heavy (non-hydrogen) atoms. The molecule has 2 rings (SSSR count). The molecule has 1 atom stereocenters. The molecular formula is C12H20O3. The Morgan fingerprint density at radius 2 is 2.00 bits per heavy atom. The van der Waals surface area contributed by atoms with Crippen molar-refractivity contribution < 1.29 is 14.6 Å². The maximum atomic E-state index is 10.8.